The van der Waals surface area contributed by atoms with Crippen molar-refractivity contribution in [2.45, 2.75) is 19.5 Å². The maximum absolute atomic E-state index is 13.1. The Hall–Kier alpha value is -3.06. The SMILES string of the molecule is CNC(=O)C(C)N(Cc1cccc(OC)c1)C(=O)COc1ccc2ccccc2c1Br. The summed E-state index contributed by atoms with van der Waals surface area (Å²) in [7, 11) is 3.14. The van der Waals surface area contributed by atoms with Gasteiger partial charge in [-0.1, -0.05) is 42.5 Å². The number of halogens is 1. The van der Waals surface area contributed by atoms with Gasteiger partial charge in [0.05, 0.1) is 11.6 Å². The summed E-state index contributed by atoms with van der Waals surface area (Å²) in [6.45, 7) is 1.76. The van der Waals surface area contributed by atoms with Crippen LogP contribution < -0.4 is 14.8 Å². The van der Waals surface area contributed by atoms with Crippen LogP contribution in [0.25, 0.3) is 10.8 Å². The molecule has 0 radical (unpaired) electrons. The Balaban J connectivity index is 1.79. The first-order valence-corrected chi connectivity index (χ1v) is 10.7. The molecule has 162 valence electrons. The number of rotatable bonds is 8. The van der Waals surface area contributed by atoms with Gasteiger partial charge in [0.25, 0.3) is 5.91 Å². The van der Waals surface area contributed by atoms with E-state index in [2.05, 4.69) is 21.2 Å². The summed E-state index contributed by atoms with van der Waals surface area (Å²) in [5.74, 6) is 0.719. The normalized spacial score (nSPS) is 11.6. The third-order valence-corrected chi connectivity index (χ3v) is 5.90. The molecule has 0 aromatic heterocycles. The molecule has 0 saturated heterocycles. The van der Waals surface area contributed by atoms with E-state index >= 15 is 0 Å². The molecule has 0 aliphatic heterocycles. The van der Waals surface area contributed by atoms with Gasteiger partial charge >= 0.3 is 0 Å². The zero-order valence-corrected chi connectivity index (χ0v) is 19.3. The molecule has 0 saturated carbocycles. The van der Waals surface area contributed by atoms with E-state index in [9.17, 15) is 9.59 Å². The maximum atomic E-state index is 13.1. The van der Waals surface area contributed by atoms with E-state index in [-0.39, 0.29) is 25.0 Å². The second-order valence-corrected chi connectivity index (χ2v) is 7.84. The summed E-state index contributed by atoms with van der Waals surface area (Å²) < 4.78 is 11.9. The lowest BCUT2D eigenvalue weighted by molar-refractivity contribution is -0.142. The molecule has 0 spiro atoms. The van der Waals surface area contributed by atoms with E-state index in [1.165, 1.54) is 4.90 Å². The fourth-order valence-corrected chi connectivity index (χ4v) is 3.91. The number of nitrogens with zero attached hydrogens (tertiary/aromatic N) is 1. The highest BCUT2D eigenvalue weighted by Crippen LogP contribution is 2.33. The van der Waals surface area contributed by atoms with Crippen molar-refractivity contribution in [1.82, 2.24) is 10.2 Å². The quantitative estimate of drug-likeness (QED) is 0.521. The second kappa shape index (κ2) is 10.3. The number of carbonyl (C=O) groups excluding carboxylic acids is 2. The zero-order chi connectivity index (χ0) is 22.4. The molecule has 1 unspecified atom stereocenters. The lowest BCUT2D eigenvalue weighted by Gasteiger charge is -2.28. The number of methoxy groups -OCH3 is 1. The average molecular weight is 485 g/mol. The van der Waals surface area contributed by atoms with Gasteiger partial charge < -0.3 is 19.7 Å². The van der Waals surface area contributed by atoms with Crippen LogP contribution in [0.2, 0.25) is 0 Å². The van der Waals surface area contributed by atoms with Crippen molar-refractivity contribution < 1.29 is 19.1 Å². The average Bonchev–Trinajstić information content (AvgIpc) is 2.81. The van der Waals surface area contributed by atoms with Crippen LogP contribution in [0.4, 0.5) is 0 Å². The number of carbonyl (C=O) groups is 2. The van der Waals surface area contributed by atoms with Crippen LogP contribution in [-0.2, 0) is 16.1 Å². The largest absolute Gasteiger partial charge is 0.497 e. The first-order chi connectivity index (χ1) is 14.9. The Morgan fingerprint density at radius 1 is 1.10 bits per heavy atom. The molecule has 0 heterocycles. The van der Waals surface area contributed by atoms with Crippen LogP contribution in [0.15, 0.2) is 65.1 Å². The van der Waals surface area contributed by atoms with Gasteiger partial charge in [-0.2, -0.15) is 0 Å². The van der Waals surface area contributed by atoms with Crippen LogP contribution in [0.5, 0.6) is 11.5 Å². The molecule has 3 aromatic carbocycles. The number of hydrogen-bond donors (Lipinski definition) is 1. The molecule has 7 heteroatoms. The van der Waals surface area contributed by atoms with Crippen molar-refractivity contribution >= 4 is 38.5 Å². The first kappa shape index (κ1) is 22.6. The fourth-order valence-electron chi connectivity index (χ4n) is 3.31. The molecule has 0 fully saturated rings. The number of likely N-dealkylation sites (N-methyl/N-ethyl adjacent to an activating group) is 1. The van der Waals surface area contributed by atoms with Crippen LogP contribution in [0.3, 0.4) is 0 Å². The molecule has 1 atom stereocenters. The highest BCUT2D eigenvalue weighted by atomic mass is 79.9. The molecule has 0 bridgehead atoms. The molecule has 31 heavy (non-hydrogen) atoms. The summed E-state index contributed by atoms with van der Waals surface area (Å²) in [6.07, 6.45) is 0. The number of nitrogens with one attached hydrogen (secondary N) is 1. The highest BCUT2D eigenvalue weighted by molar-refractivity contribution is 9.10. The number of amides is 2. The molecule has 0 aliphatic carbocycles. The van der Waals surface area contributed by atoms with E-state index in [1.54, 1.807) is 21.1 Å². The van der Waals surface area contributed by atoms with Gasteiger partial charge in [0.1, 0.15) is 17.5 Å². The monoisotopic (exact) mass is 484 g/mol. The lowest BCUT2D eigenvalue weighted by Crippen LogP contribution is -2.48. The predicted octanol–water partition coefficient (Wildman–Crippen LogP) is 4.15. The Morgan fingerprint density at radius 3 is 2.61 bits per heavy atom. The molecule has 3 rings (SSSR count). The van der Waals surface area contributed by atoms with Crippen molar-refractivity contribution in [2.24, 2.45) is 0 Å². The minimum atomic E-state index is -0.660. The van der Waals surface area contributed by atoms with Gasteiger partial charge in [0, 0.05) is 13.6 Å². The van der Waals surface area contributed by atoms with Crippen molar-refractivity contribution in [3.05, 3.63) is 70.7 Å². The summed E-state index contributed by atoms with van der Waals surface area (Å²) in [4.78, 5) is 26.9. The Morgan fingerprint density at radius 2 is 1.87 bits per heavy atom. The van der Waals surface area contributed by atoms with Crippen LogP contribution in [-0.4, -0.2) is 43.5 Å². The Bertz CT molecular complexity index is 1090. The molecular weight excluding hydrogens is 460 g/mol. The summed E-state index contributed by atoms with van der Waals surface area (Å²) >= 11 is 3.57. The molecule has 6 nitrogen and oxygen atoms in total. The van der Waals surface area contributed by atoms with Gasteiger partial charge in [-0.25, -0.2) is 0 Å². The summed E-state index contributed by atoms with van der Waals surface area (Å²) in [6, 6.07) is 18.4. The third-order valence-electron chi connectivity index (χ3n) is 5.08. The highest BCUT2D eigenvalue weighted by Gasteiger charge is 2.26. The Labute approximate surface area is 190 Å². The summed E-state index contributed by atoms with van der Waals surface area (Å²) in [5.41, 5.74) is 0.857. The van der Waals surface area contributed by atoms with Crippen molar-refractivity contribution in [3.8, 4) is 11.5 Å². The fraction of sp³-hybridized carbons (Fsp3) is 0.250. The van der Waals surface area contributed by atoms with Crippen molar-refractivity contribution in [1.29, 1.82) is 0 Å². The number of hydrogen-bond acceptors (Lipinski definition) is 4. The molecular formula is C24H25BrN2O4. The lowest BCUT2D eigenvalue weighted by atomic mass is 10.1. The second-order valence-electron chi connectivity index (χ2n) is 7.05. The van der Waals surface area contributed by atoms with Crippen LogP contribution in [0, 0.1) is 0 Å². The minimum absolute atomic E-state index is 0.192. The zero-order valence-electron chi connectivity index (χ0n) is 17.7. The van der Waals surface area contributed by atoms with Crippen molar-refractivity contribution in [2.75, 3.05) is 20.8 Å². The smallest absolute Gasteiger partial charge is 0.261 e. The number of ether oxygens (including phenoxy) is 2. The maximum Gasteiger partial charge on any atom is 0.261 e. The van der Waals surface area contributed by atoms with E-state index in [0.717, 1.165) is 20.8 Å². The molecule has 3 aromatic rings. The first-order valence-electron chi connectivity index (χ1n) is 9.88. The van der Waals surface area contributed by atoms with Gasteiger partial charge in [-0.3, -0.25) is 9.59 Å². The van der Waals surface area contributed by atoms with E-state index in [4.69, 9.17) is 9.47 Å². The van der Waals surface area contributed by atoms with E-state index < -0.39 is 6.04 Å². The predicted molar refractivity (Wildman–Crippen MR) is 124 cm³/mol. The summed E-state index contributed by atoms with van der Waals surface area (Å²) in [5, 5.41) is 4.68. The van der Waals surface area contributed by atoms with Gasteiger partial charge in [0.2, 0.25) is 5.91 Å². The number of fused-ring (bicyclic) bond motifs is 1. The van der Waals surface area contributed by atoms with E-state index in [1.807, 2.05) is 60.7 Å². The van der Waals surface area contributed by atoms with Crippen molar-refractivity contribution in [3.63, 3.8) is 0 Å². The standard InChI is InChI=1S/C24H25BrN2O4/c1-16(24(29)26-2)27(14-17-7-6-9-19(13-17)30-3)22(28)15-31-21-12-11-18-8-4-5-10-20(18)23(21)25/h4-13,16H,14-15H2,1-3H3,(H,26,29). The van der Waals surface area contributed by atoms with Crippen LogP contribution >= 0.6 is 15.9 Å². The van der Waals surface area contributed by atoms with Crippen LogP contribution in [0.1, 0.15) is 12.5 Å². The topological polar surface area (TPSA) is 67.9 Å². The van der Waals surface area contributed by atoms with Gasteiger partial charge in [-0.15, -0.1) is 0 Å². The van der Waals surface area contributed by atoms with Gasteiger partial charge in [0.15, 0.2) is 6.61 Å². The van der Waals surface area contributed by atoms with E-state index in [0.29, 0.717) is 11.5 Å². The molecule has 1 N–H and O–H groups in total. The molecule has 0 aliphatic rings. The third kappa shape index (κ3) is 5.35. The Kier molecular flexibility index (Phi) is 7.52. The molecule has 2 amide bonds. The minimum Gasteiger partial charge on any atom is -0.497 e. The van der Waals surface area contributed by atoms with Gasteiger partial charge in [-0.05, 0) is 57.4 Å². The number of benzene rings is 3.